The highest BCUT2D eigenvalue weighted by atomic mass is 16.3. The van der Waals surface area contributed by atoms with Crippen molar-refractivity contribution in [1.82, 2.24) is 0 Å². The van der Waals surface area contributed by atoms with Crippen LogP contribution >= 0.6 is 0 Å². The maximum atomic E-state index is 11.9. The molecule has 0 unspecified atom stereocenters. The molecule has 0 aromatic heterocycles. The summed E-state index contributed by atoms with van der Waals surface area (Å²) in [7, 11) is 0. The van der Waals surface area contributed by atoms with Crippen molar-refractivity contribution in [2.45, 2.75) is 13.8 Å². The number of carbonyl (C=O) groups excluding carboxylic acids is 1. The van der Waals surface area contributed by atoms with Gasteiger partial charge in [0.2, 0.25) is 0 Å². The molecule has 2 nitrogen and oxygen atoms in total. The lowest BCUT2D eigenvalue weighted by atomic mass is 10.0. The molecule has 0 fully saturated rings. The number of phenols is 1. The van der Waals surface area contributed by atoms with Gasteiger partial charge in [-0.1, -0.05) is 36.4 Å². The quantitative estimate of drug-likeness (QED) is 0.664. The van der Waals surface area contributed by atoms with Crippen molar-refractivity contribution in [1.29, 1.82) is 0 Å². The Balaban J connectivity index is 2.18. The second kappa shape index (κ2) is 5.53. The van der Waals surface area contributed by atoms with E-state index in [0.29, 0.717) is 5.56 Å². The molecule has 0 atom stereocenters. The molecule has 0 bridgehead atoms. The summed E-state index contributed by atoms with van der Waals surface area (Å²) in [6, 6.07) is 12.4. The molecular weight excluding hydrogens is 236 g/mol. The van der Waals surface area contributed by atoms with Gasteiger partial charge in [-0.2, -0.15) is 0 Å². The Hall–Kier alpha value is -2.35. The lowest BCUT2D eigenvalue weighted by molar-refractivity contribution is 0.104. The van der Waals surface area contributed by atoms with Crippen molar-refractivity contribution in [2.75, 3.05) is 0 Å². The van der Waals surface area contributed by atoms with E-state index >= 15 is 0 Å². The third-order valence-electron chi connectivity index (χ3n) is 3.09. The minimum absolute atomic E-state index is 0.102. The number of hydrogen-bond donors (Lipinski definition) is 1. The largest absolute Gasteiger partial charge is 0.508 e. The third-order valence-corrected chi connectivity index (χ3v) is 3.09. The molecule has 0 aliphatic carbocycles. The molecule has 0 heterocycles. The van der Waals surface area contributed by atoms with E-state index in [2.05, 4.69) is 6.92 Å². The van der Waals surface area contributed by atoms with Crippen LogP contribution in [0.1, 0.15) is 27.0 Å². The minimum atomic E-state index is -0.117. The first-order chi connectivity index (χ1) is 9.06. The van der Waals surface area contributed by atoms with Crippen molar-refractivity contribution >= 4 is 11.9 Å². The van der Waals surface area contributed by atoms with Crippen LogP contribution in [-0.4, -0.2) is 10.9 Å². The molecule has 0 aliphatic heterocycles. The molecule has 2 heteroatoms. The molecule has 2 aromatic rings. The molecule has 0 radical (unpaired) electrons. The van der Waals surface area contributed by atoms with Crippen LogP contribution < -0.4 is 0 Å². The van der Waals surface area contributed by atoms with Crippen molar-refractivity contribution in [2.24, 2.45) is 0 Å². The molecule has 1 N–H and O–H groups in total. The van der Waals surface area contributed by atoms with E-state index in [9.17, 15) is 9.90 Å². The highest BCUT2D eigenvalue weighted by Gasteiger charge is 2.02. The van der Waals surface area contributed by atoms with Gasteiger partial charge in [0.25, 0.3) is 0 Å². The van der Waals surface area contributed by atoms with Crippen molar-refractivity contribution in [3.8, 4) is 5.75 Å². The van der Waals surface area contributed by atoms with E-state index < -0.39 is 0 Å². The number of allylic oxidation sites excluding steroid dienone is 1. The molecule has 0 aliphatic rings. The first-order valence-electron chi connectivity index (χ1n) is 6.15. The zero-order valence-corrected chi connectivity index (χ0v) is 11.1. The van der Waals surface area contributed by atoms with Gasteiger partial charge < -0.3 is 5.11 Å². The summed E-state index contributed by atoms with van der Waals surface area (Å²) in [6.45, 7) is 4.10. The van der Waals surface area contributed by atoms with Crippen molar-refractivity contribution in [3.05, 3.63) is 70.8 Å². The smallest absolute Gasteiger partial charge is 0.185 e. The average molecular weight is 252 g/mol. The monoisotopic (exact) mass is 252 g/mol. The summed E-state index contributed by atoms with van der Waals surface area (Å²) in [5.74, 6) is -0.0143. The number of aryl methyl sites for hydroxylation is 2. The van der Waals surface area contributed by atoms with E-state index in [1.165, 1.54) is 23.3 Å². The van der Waals surface area contributed by atoms with Gasteiger partial charge in [0.15, 0.2) is 5.78 Å². The van der Waals surface area contributed by atoms with Gasteiger partial charge in [-0.3, -0.25) is 4.79 Å². The Morgan fingerprint density at radius 1 is 1.05 bits per heavy atom. The van der Waals surface area contributed by atoms with Crippen LogP contribution in [0.2, 0.25) is 0 Å². The predicted molar refractivity (Wildman–Crippen MR) is 77.4 cm³/mol. The van der Waals surface area contributed by atoms with Crippen LogP contribution in [0.25, 0.3) is 6.08 Å². The van der Waals surface area contributed by atoms with Gasteiger partial charge in [0, 0.05) is 5.56 Å². The maximum absolute atomic E-state index is 11.9. The molecule has 0 amide bonds. The third kappa shape index (κ3) is 3.32. The summed E-state index contributed by atoms with van der Waals surface area (Å²) < 4.78 is 0. The SMILES string of the molecule is Cc1ccc(/C=C/C(=O)c2cccc(O)c2)cc1C. The molecule has 0 saturated heterocycles. The van der Waals surface area contributed by atoms with E-state index in [-0.39, 0.29) is 11.5 Å². The van der Waals surface area contributed by atoms with Crippen LogP contribution in [0.4, 0.5) is 0 Å². The molecule has 19 heavy (non-hydrogen) atoms. The molecule has 2 aromatic carbocycles. The van der Waals surface area contributed by atoms with Crippen LogP contribution in [-0.2, 0) is 0 Å². The zero-order chi connectivity index (χ0) is 13.8. The molecule has 0 spiro atoms. The number of rotatable bonds is 3. The topological polar surface area (TPSA) is 37.3 Å². The Morgan fingerprint density at radius 2 is 1.84 bits per heavy atom. The van der Waals surface area contributed by atoms with Crippen LogP contribution in [0.5, 0.6) is 5.75 Å². The molecule has 96 valence electrons. The molecule has 0 saturated carbocycles. The first-order valence-corrected chi connectivity index (χ1v) is 6.15. The molecular formula is C17H16O2. The minimum Gasteiger partial charge on any atom is -0.508 e. The number of benzene rings is 2. The number of aromatic hydroxyl groups is 1. The summed E-state index contributed by atoms with van der Waals surface area (Å²) in [4.78, 5) is 11.9. The standard InChI is InChI=1S/C17H16O2/c1-12-6-7-14(10-13(12)2)8-9-17(19)15-4-3-5-16(18)11-15/h3-11,18H,1-2H3/b9-8+. The summed E-state index contributed by atoms with van der Waals surface area (Å²) in [5, 5.41) is 9.34. The van der Waals surface area contributed by atoms with Gasteiger partial charge >= 0.3 is 0 Å². The number of carbonyl (C=O) groups is 1. The highest BCUT2D eigenvalue weighted by Crippen LogP contribution is 2.14. The highest BCUT2D eigenvalue weighted by molar-refractivity contribution is 6.07. The summed E-state index contributed by atoms with van der Waals surface area (Å²) in [5.41, 5.74) is 3.92. The van der Waals surface area contributed by atoms with Crippen LogP contribution in [0, 0.1) is 13.8 Å². The number of hydrogen-bond acceptors (Lipinski definition) is 2. The van der Waals surface area contributed by atoms with E-state index in [1.807, 2.05) is 25.1 Å². The average Bonchev–Trinajstić information content (AvgIpc) is 2.40. The fourth-order valence-corrected chi connectivity index (χ4v) is 1.80. The van der Waals surface area contributed by atoms with Gasteiger partial charge in [-0.25, -0.2) is 0 Å². The van der Waals surface area contributed by atoms with Crippen LogP contribution in [0.3, 0.4) is 0 Å². The lowest BCUT2D eigenvalue weighted by Gasteiger charge is -2.01. The Labute approximate surface area is 113 Å². The second-order valence-corrected chi connectivity index (χ2v) is 4.59. The van der Waals surface area contributed by atoms with Gasteiger partial charge in [0.05, 0.1) is 0 Å². The summed E-state index contributed by atoms with van der Waals surface area (Å²) >= 11 is 0. The normalized spacial score (nSPS) is 10.8. The molecule has 2 rings (SSSR count). The van der Waals surface area contributed by atoms with Crippen molar-refractivity contribution < 1.29 is 9.90 Å². The van der Waals surface area contributed by atoms with Crippen LogP contribution in [0.15, 0.2) is 48.5 Å². The first kappa shape index (κ1) is 13.1. The summed E-state index contributed by atoms with van der Waals surface area (Å²) in [6.07, 6.45) is 3.32. The predicted octanol–water partition coefficient (Wildman–Crippen LogP) is 3.91. The Kier molecular flexibility index (Phi) is 3.81. The number of phenolic OH excluding ortho intramolecular Hbond substituents is 1. The van der Waals surface area contributed by atoms with Gasteiger partial charge in [0.1, 0.15) is 5.75 Å². The van der Waals surface area contributed by atoms with E-state index in [4.69, 9.17) is 0 Å². The zero-order valence-electron chi connectivity index (χ0n) is 11.1. The van der Waals surface area contributed by atoms with E-state index in [0.717, 1.165) is 5.56 Å². The Bertz CT molecular complexity index is 639. The van der Waals surface area contributed by atoms with Gasteiger partial charge in [-0.05, 0) is 48.7 Å². The van der Waals surface area contributed by atoms with Gasteiger partial charge in [-0.15, -0.1) is 0 Å². The Morgan fingerprint density at radius 3 is 2.53 bits per heavy atom. The fraction of sp³-hybridized carbons (Fsp3) is 0.118. The van der Waals surface area contributed by atoms with Crippen molar-refractivity contribution in [3.63, 3.8) is 0 Å². The second-order valence-electron chi connectivity index (χ2n) is 4.59. The maximum Gasteiger partial charge on any atom is 0.185 e. The number of ketones is 1. The lowest BCUT2D eigenvalue weighted by Crippen LogP contribution is -1.93. The fourth-order valence-electron chi connectivity index (χ4n) is 1.80. The van der Waals surface area contributed by atoms with E-state index in [1.54, 1.807) is 24.3 Å².